The van der Waals surface area contributed by atoms with E-state index in [-0.39, 0.29) is 30.7 Å². The Balaban J connectivity index is 0.00000812. The molecule has 0 bridgehead atoms. The van der Waals surface area contributed by atoms with E-state index in [1.54, 1.807) is 18.3 Å². The molecule has 4 rings (SSSR count). The zero-order chi connectivity index (χ0) is 38.4. The first-order valence-corrected chi connectivity index (χ1v) is 22.3. The average Bonchev–Trinajstić information content (AvgIpc) is 3.46. The van der Waals surface area contributed by atoms with Crippen LogP contribution in [0.15, 0.2) is 35.3 Å². The maximum Gasteiger partial charge on any atom is 0.412 e. The predicted octanol–water partition coefficient (Wildman–Crippen LogP) is 8.40. The number of likely N-dealkylation sites (N-methyl/N-ethyl adjacent to an activating group) is 1. The summed E-state index contributed by atoms with van der Waals surface area (Å²) in [6.45, 7) is 9.88. The van der Waals surface area contributed by atoms with Gasteiger partial charge in [-0.05, 0) is 38.5 Å². The van der Waals surface area contributed by atoms with Crippen LogP contribution < -0.4 is 34.6 Å². The first-order valence-electron chi connectivity index (χ1n) is 21.5. The Hall–Kier alpha value is -2.38. The third-order valence-electron chi connectivity index (χ3n) is 11.0. The second-order valence-electron chi connectivity index (χ2n) is 16.0. The monoisotopic (exact) mass is 893 g/mol. The summed E-state index contributed by atoms with van der Waals surface area (Å²) < 4.78 is 11.7. The first-order chi connectivity index (χ1) is 26.3. The molecule has 3 heterocycles. The van der Waals surface area contributed by atoms with Gasteiger partial charge in [-0.2, -0.15) is 0 Å². The van der Waals surface area contributed by atoms with Gasteiger partial charge < -0.3 is 49.0 Å². The number of alkyl carbamates (subject to hydrolysis) is 1. The Kier molecular flexibility index (Phi) is 22.7. The lowest BCUT2D eigenvalue weighted by molar-refractivity contribution is -0.928. The van der Waals surface area contributed by atoms with Crippen LogP contribution in [0.25, 0.3) is 0 Å². The Morgan fingerprint density at radius 3 is 1.93 bits per heavy atom. The summed E-state index contributed by atoms with van der Waals surface area (Å²) in [4.78, 5) is 33.8. The normalized spacial score (nSPS) is 15.1. The Bertz CT molecular complexity index is 1430. The quantitative estimate of drug-likeness (QED) is 0.0451. The molecule has 2 aliphatic rings. The molecule has 11 heteroatoms. The SMILES string of the molecule is CCCCCCCCCCCCCCCCCCCCCCOC(=O)C(C)NC(=O)OC[N+]1(C)CCN(C2=Nc3ccccc3Nc3sc(C)cc32)CC1.[I-]. The van der Waals surface area contributed by atoms with E-state index < -0.39 is 18.1 Å². The largest absolute Gasteiger partial charge is 1.00 e. The van der Waals surface area contributed by atoms with E-state index in [9.17, 15) is 9.59 Å². The molecular formula is C44H72IN5O4S. The molecule has 1 atom stereocenters. The van der Waals surface area contributed by atoms with Gasteiger partial charge in [0.2, 0.25) is 6.73 Å². The highest BCUT2D eigenvalue weighted by Gasteiger charge is 2.34. The highest BCUT2D eigenvalue weighted by atomic mass is 127. The number of aryl methyl sites for hydroxylation is 1. The van der Waals surface area contributed by atoms with Crippen molar-refractivity contribution in [2.24, 2.45) is 4.99 Å². The molecule has 2 aliphatic heterocycles. The van der Waals surface area contributed by atoms with Gasteiger partial charge in [0.1, 0.15) is 16.9 Å². The average molecular weight is 894 g/mol. The van der Waals surface area contributed by atoms with E-state index in [4.69, 9.17) is 14.5 Å². The van der Waals surface area contributed by atoms with E-state index in [2.05, 4.69) is 48.6 Å². The molecular weight excluding hydrogens is 821 g/mol. The number of quaternary nitrogens is 1. The molecule has 1 unspecified atom stereocenters. The number of unbranched alkanes of at least 4 members (excludes halogenated alkanes) is 19. The molecule has 0 spiro atoms. The van der Waals surface area contributed by atoms with Crippen LogP contribution in [-0.4, -0.2) is 79.9 Å². The first kappa shape index (κ1) is 47.0. The molecule has 55 heavy (non-hydrogen) atoms. The summed E-state index contributed by atoms with van der Waals surface area (Å²) in [5, 5.41) is 7.36. The number of amidine groups is 1. The number of amides is 1. The molecule has 0 radical (unpaired) electrons. The van der Waals surface area contributed by atoms with Crippen molar-refractivity contribution in [3.8, 4) is 0 Å². The van der Waals surface area contributed by atoms with Crippen LogP contribution in [0.2, 0.25) is 0 Å². The van der Waals surface area contributed by atoms with Crippen molar-refractivity contribution < 1.29 is 47.5 Å². The minimum absolute atomic E-state index is 0. The maximum absolute atomic E-state index is 12.6. The molecule has 310 valence electrons. The van der Waals surface area contributed by atoms with Crippen molar-refractivity contribution in [2.75, 3.05) is 51.9 Å². The molecule has 1 saturated heterocycles. The third kappa shape index (κ3) is 17.3. The third-order valence-corrected chi connectivity index (χ3v) is 12.0. The number of piperazine rings is 1. The minimum Gasteiger partial charge on any atom is -1.00 e. The van der Waals surface area contributed by atoms with Gasteiger partial charge in [0, 0.05) is 4.88 Å². The topological polar surface area (TPSA) is 92.3 Å². The van der Waals surface area contributed by atoms with Crippen molar-refractivity contribution in [3.63, 3.8) is 0 Å². The van der Waals surface area contributed by atoms with E-state index in [0.29, 0.717) is 11.1 Å². The maximum atomic E-state index is 12.6. The highest BCUT2D eigenvalue weighted by Crippen LogP contribution is 2.39. The molecule has 1 amide bonds. The van der Waals surface area contributed by atoms with Gasteiger partial charge in [-0.1, -0.05) is 141 Å². The van der Waals surface area contributed by atoms with Crippen LogP contribution in [0.1, 0.15) is 153 Å². The van der Waals surface area contributed by atoms with Crippen molar-refractivity contribution in [3.05, 3.63) is 40.8 Å². The molecule has 1 aromatic carbocycles. The number of anilines is 2. The molecule has 0 saturated carbocycles. The van der Waals surface area contributed by atoms with Gasteiger partial charge in [0.05, 0.1) is 56.8 Å². The van der Waals surface area contributed by atoms with Crippen molar-refractivity contribution in [1.29, 1.82) is 0 Å². The molecule has 2 N–H and O–H groups in total. The number of rotatable bonds is 25. The summed E-state index contributed by atoms with van der Waals surface area (Å²) in [6.07, 6.45) is 26.2. The number of carbonyl (C=O) groups is 2. The number of nitrogens with one attached hydrogen (secondary N) is 2. The van der Waals surface area contributed by atoms with E-state index in [1.807, 2.05) is 18.2 Å². The van der Waals surface area contributed by atoms with Crippen molar-refractivity contribution in [1.82, 2.24) is 10.2 Å². The van der Waals surface area contributed by atoms with Crippen LogP contribution in [0.4, 0.5) is 21.2 Å². The smallest absolute Gasteiger partial charge is 0.412 e. The fourth-order valence-electron chi connectivity index (χ4n) is 7.42. The number of aliphatic imine (C=N–C) groups is 1. The molecule has 0 aliphatic carbocycles. The zero-order valence-electron chi connectivity index (χ0n) is 34.6. The highest BCUT2D eigenvalue weighted by molar-refractivity contribution is 7.16. The van der Waals surface area contributed by atoms with Crippen molar-refractivity contribution >= 4 is 45.6 Å². The van der Waals surface area contributed by atoms with Crippen LogP contribution in [0.5, 0.6) is 0 Å². The Labute approximate surface area is 354 Å². The number of thiophene rings is 1. The van der Waals surface area contributed by atoms with Crippen LogP contribution in [0, 0.1) is 6.92 Å². The lowest BCUT2D eigenvalue weighted by Gasteiger charge is -2.42. The number of ether oxygens (including phenoxy) is 2. The summed E-state index contributed by atoms with van der Waals surface area (Å²) in [7, 11) is 2.11. The number of hydrogen-bond acceptors (Lipinski definition) is 8. The van der Waals surface area contributed by atoms with Gasteiger partial charge in [-0.25, -0.2) is 14.6 Å². The molecule has 1 fully saturated rings. The van der Waals surface area contributed by atoms with Gasteiger partial charge >= 0.3 is 12.1 Å². The van der Waals surface area contributed by atoms with Crippen LogP contribution in [-0.2, 0) is 14.3 Å². The van der Waals surface area contributed by atoms with Gasteiger partial charge in [-0.15, -0.1) is 11.3 Å². The second kappa shape index (κ2) is 26.5. The summed E-state index contributed by atoms with van der Waals surface area (Å²) in [5.41, 5.74) is 3.08. The zero-order valence-corrected chi connectivity index (χ0v) is 37.6. The number of fused-ring (bicyclic) bond motifs is 2. The molecule has 9 nitrogen and oxygen atoms in total. The number of esters is 1. The second-order valence-corrected chi connectivity index (χ2v) is 17.3. The van der Waals surface area contributed by atoms with Crippen LogP contribution >= 0.6 is 11.3 Å². The van der Waals surface area contributed by atoms with E-state index >= 15 is 0 Å². The number of carbonyl (C=O) groups excluding carboxylic acids is 2. The summed E-state index contributed by atoms with van der Waals surface area (Å²) in [6, 6.07) is 9.61. The van der Waals surface area contributed by atoms with Crippen LogP contribution in [0.3, 0.4) is 0 Å². The van der Waals surface area contributed by atoms with Crippen molar-refractivity contribution in [2.45, 2.75) is 155 Å². The van der Waals surface area contributed by atoms with E-state index in [1.165, 1.54) is 120 Å². The Morgan fingerprint density at radius 1 is 0.836 bits per heavy atom. The number of para-hydroxylation sites is 2. The fraction of sp³-hybridized carbons (Fsp3) is 0.705. The number of halogens is 1. The number of hydrogen-bond donors (Lipinski definition) is 2. The molecule has 2 aromatic rings. The predicted molar refractivity (Wildman–Crippen MR) is 225 cm³/mol. The Morgan fingerprint density at radius 2 is 1.36 bits per heavy atom. The minimum atomic E-state index is -0.752. The summed E-state index contributed by atoms with van der Waals surface area (Å²) in [5.74, 6) is 0.571. The number of nitrogens with zero attached hydrogens (tertiary/aromatic N) is 3. The van der Waals surface area contributed by atoms with E-state index in [0.717, 1.165) is 66.8 Å². The lowest BCUT2D eigenvalue weighted by atomic mass is 10.0. The standard InChI is InChI=1S/C44H71N5O4S.HI/c1-5-6-7-8-9-10-11-12-13-14-15-16-17-18-19-20-21-22-23-26-33-52-43(50)37(3)45-44(51)53-35-49(4)31-29-48(30-32-49)41-38-34-36(2)54-42(38)47-40-28-25-24-27-39(40)46-41;/h24-25,27-28,34,37H,5-23,26,29-33,35H2,1-4H3,(H-,45,46,47,51);1H. The lowest BCUT2D eigenvalue weighted by Crippen LogP contribution is -3.00. The van der Waals surface area contributed by atoms with Gasteiger partial charge in [0.25, 0.3) is 0 Å². The number of benzene rings is 1. The van der Waals surface area contributed by atoms with Gasteiger partial charge in [0.15, 0.2) is 0 Å². The molecule has 1 aromatic heterocycles. The van der Waals surface area contributed by atoms with Gasteiger partial charge in [-0.3, -0.25) is 4.48 Å². The fourth-order valence-corrected chi connectivity index (χ4v) is 8.34. The summed E-state index contributed by atoms with van der Waals surface area (Å²) >= 11 is 1.75.